The summed E-state index contributed by atoms with van der Waals surface area (Å²) in [5, 5.41) is 4.60. The van der Waals surface area contributed by atoms with Crippen molar-refractivity contribution in [2.75, 3.05) is 0 Å². The first-order chi connectivity index (χ1) is 16.7. The predicted octanol–water partition coefficient (Wildman–Crippen LogP) is 7.05. The fourth-order valence-electron chi connectivity index (χ4n) is 4.09. The Hall–Kier alpha value is -3.96. The van der Waals surface area contributed by atoms with Crippen molar-refractivity contribution in [3.8, 4) is 11.5 Å². The van der Waals surface area contributed by atoms with Crippen LogP contribution in [0.25, 0.3) is 10.9 Å². The molecule has 0 unspecified atom stereocenters. The maximum atomic E-state index is 13.0. The molecule has 3 aromatic carbocycles. The number of benzene rings is 3. The molecule has 0 radical (unpaired) electrons. The van der Waals surface area contributed by atoms with Crippen LogP contribution in [0.4, 0.5) is 0 Å². The average Bonchev–Trinajstić information content (AvgIpc) is 3.52. The maximum Gasteiger partial charge on any atom is 0.221 e. The van der Waals surface area contributed by atoms with Crippen LogP contribution in [0.2, 0.25) is 5.02 Å². The summed E-state index contributed by atoms with van der Waals surface area (Å²) in [5.41, 5.74) is 2.95. The molecule has 0 aliphatic carbocycles. The molecule has 0 saturated carbocycles. The molecule has 2 heterocycles. The van der Waals surface area contributed by atoms with Crippen molar-refractivity contribution in [2.45, 2.75) is 18.9 Å². The van der Waals surface area contributed by atoms with E-state index in [2.05, 4.69) is 10.3 Å². The van der Waals surface area contributed by atoms with Gasteiger partial charge < -0.3 is 19.5 Å². The molecule has 0 bridgehead atoms. The minimum absolute atomic E-state index is 0.0767. The number of H-pyrrole nitrogens is 1. The molecule has 0 aliphatic heterocycles. The van der Waals surface area contributed by atoms with Crippen LogP contribution in [0.15, 0.2) is 102 Å². The number of halogens is 1. The highest BCUT2D eigenvalue weighted by atomic mass is 35.5. The number of para-hydroxylation sites is 1. The number of hydrogen-bond donors (Lipinski definition) is 2. The summed E-state index contributed by atoms with van der Waals surface area (Å²) < 4.78 is 11.4. The van der Waals surface area contributed by atoms with Gasteiger partial charge in [-0.2, -0.15) is 0 Å². The maximum absolute atomic E-state index is 13.0. The van der Waals surface area contributed by atoms with E-state index >= 15 is 0 Å². The number of aromatic nitrogens is 1. The van der Waals surface area contributed by atoms with Crippen LogP contribution in [0, 0.1) is 0 Å². The van der Waals surface area contributed by atoms with Gasteiger partial charge in [0.15, 0.2) is 0 Å². The standard InChI is InChI=1S/C28H23ClN2O3/c29-20-11-12-27-25(15-20)26(18-30-27)24(16-28(32)31-17-23-10-5-13-33-23)19-6-4-9-22(14-19)34-21-7-2-1-3-8-21/h1-15,18,24,30H,16-17H2,(H,31,32)/t24-/m0/s1. The SMILES string of the molecule is O=C(C[C@@H](c1cccc(Oc2ccccc2)c1)c1c[nH]c2ccc(Cl)cc12)NCc1ccco1. The number of furan rings is 1. The van der Waals surface area contributed by atoms with Crippen molar-refractivity contribution in [1.82, 2.24) is 10.3 Å². The van der Waals surface area contributed by atoms with Crippen molar-refractivity contribution in [3.05, 3.63) is 119 Å². The second-order valence-electron chi connectivity index (χ2n) is 8.03. The summed E-state index contributed by atoms with van der Waals surface area (Å²) in [5.74, 6) is 1.89. The first-order valence-corrected chi connectivity index (χ1v) is 11.4. The number of ether oxygens (including phenoxy) is 1. The topological polar surface area (TPSA) is 67.3 Å². The zero-order valence-electron chi connectivity index (χ0n) is 18.3. The van der Waals surface area contributed by atoms with E-state index < -0.39 is 0 Å². The Morgan fingerprint density at radius 3 is 2.65 bits per heavy atom. The molecule has 0 saturated heterocycles. The van der Waals surface area contributed by atoms with Crippen LogP contribution in [-0.4, -0.2) is 10.9 Å². The fourth-order valence-corrected chi connectivity index (χ4v) is 4.26. The van der Waals surface area contributed by atoms with E-state index in [0.29, 0.717) is 23.1 Å². The lowest BCUT2D eigenvalue weighted by molar-refractivity contribution is -0.121. The molecule has 2 N–H and O–H groups in total. The highest BCUT2D eigenvalue weighted by molar-refractivity contribution is 6.31. The lowest BCUT2D eigenvalue weighted by Gasteiger charge is -2.18. The van der Waals surface area contributed by atoms with Crippen molar-refractivity contribution in [1.29, 1.82) is 0 Å². The van der Waals surface area contributed by atoms with Gasteiger partial charge in [-0.25, -0.2) is 0 Å². The van der Waals surface area contributed by atoms with Gasteiger partial charge in [0.2, 0.25) is 5.91 Å². The molecule has 6 heteroatoms. The number of rotatable bonds is 8. The Balaban J connectivity index is 1.47. The Morgan fingerprint density at radius 1 is 0.971 bits per heavy atom. The Kier molecular flexibility index (Phi) is 6.36. The summed E-state index contributed by atoms with van der Waals surface area (Å²) in [6.07, 6.45) is 3.81. The molecule has 5 rings (SSSR count). The molecule has 1 atom stereocenters. The van der Waals surface area contributed by atoms with Crippen LogP contribution in [-0.2, 0) is 11.3 Å². The summed E-state index contributed by atoms with van der Waals surface area (Å²) in [6.45, 7) is 0.343. The van der Waals surface area contributed by atoms with Gasteiger partial charge in [-0.05, 0) is 65.7 Å². The molecule has 34 heavy (non-hydrogen) atoms. The largest absolute Gasteiger partial charge is 0.467 e. The molecule has 0 aliphatic rings. The summed E-state index contributed by atoms with van der Waals surface area (Å²) >= 11 is 6.30. The number of nitrogens with one attached hydrogen (secondary N) is 2. The Morgan fingerprint density at radius 2 is 1.82 bits per heavy atom. The Bertz CT molecular complexity index is 1390. The van der Waals surface area contributed by atoms with Crippen molar-refractivity contribution < 1.29 is 13.9 Å². The molecule has 5 nitrogen and oxygen atoms in total. The molecule has 2 aromatic heterocycles. The zero-order chi connectivity index (χ0) is 23.3. The molecule has 170 valence electrons. The third-order valence-electron chi connectivity index (χ3n) is 5.72. The quantitative estimate of drug-likeness (QED) is 0.255. The van der Waals surface area contributed by atoms with Gasteiger partial charge in [0.1, 0.15) is 17.3 Å². The van der Waals surface area contributed by atoms with Gasteiger partial charge in [-0.15, -0.1) is 0 Å². The zero-order valence-corrected chi connectivity index (χ0v) is 19.1. The Labute approximate surface area is 202 Å². The third-order valence-corrected chi connectivity index (χ3v) is 5.96. The summed E-state index contributed by atoms with van der Waals surface area (Å²) in [4.78, 5) is 16.3. The van der Waals surface area contributed by atoms with Gasteiger partial charge in [0.05, 0.1) is 12.8 Å². The molecule has 0 spiro atoms. The number of aromatic amines is 1. The average molecular weight is 471 g/mol. The lowest BCUT2D eigenvalue weighted by Crippen LogP contribution is -2.24. The third kappa shape index (κ3) is 5.00. The van der Waals surface area contributed by atoms with Gasteiger partial charge in [0, 0.05) is 34.5 Å². The second-order valence-corrected chi connectivity index (χ2v) is 8.47. The number of carbonyl (C=O) groups excluding carboxylic acids is 1. The lowest BCUT2D eigenvalue weighted by atomic mass is 9.88. The number of carbonyl (C=O) groups is 1. The monoisotopic (exact) mass is 470 g/mol. The second kappa shape index (κ2) is 9.89. The van der Waals surface area contributed by atoms with Gasteiger partial charge in [-0.3, -0.25) is 4.79 Å². The molecule has 5 aromatic rings. The van der Waals surface area contributed by atoms with Gasteiger partial charge >= 0.3 is 0 Å². The normalized spacial score (nSPS) is 11.9. The van der Waals surface area contributed by atoms with E-state index in [-0.39, 0.29) is 18.2 Å². The van der Waals surface area contributed by atoms with Gasteiger partial charge in [-0.1, -0.05) is 41.9 Å². The van der Waals surface area contributed by atoms with Crippen molar-refractivity contribution >= 4 is 28.4 Å². The van der Waals surface area contributed by atoms with Crippen molar-refractivity contribution in [2.24, 2.45) is 0 Å². The van der Waals surface area contributed by atoms with Crippen LogP contribution in [0.5, 0.6) is 11.5 Å². The minimum Gasteiger partial charge on any atom is -0.467 e. The van der Waals surface area contributed by atoms with E-state index in [9.17, 15) is 4.79 Å². The molecular formula is C28H23ClN2O3. The molecule has 1 amide bonds. The van der Waals surface area contributed by atoms with E-state index in [4.69, 9.17) is 20.8 Å². The van der Waals surface area contributed by atoms with Crippen LogP contribution in [0.1, 0.15) is 29.2 Å². The van der Waals surface area contributed by atoms with Crippen LogP contribution < -0.4 is 10.1 Å². The highest BCUT2D eigenvalue weighted by Gasteiger charge is 2.22. The fraction of sp³-hybridized carbons (Fsp3) is 0.107. The van der Waals surface area contributed by atoms with E-state index in [1.165, 1.54) is 0 Å². The van der Waals surface area contributed by atoms with Crippen LogP contribution >= 0.6 is 11.6 Å². The first-order valence-electron chi connectivity index (χ1n) is 11.0. The van der Waals surface area contributed by atoms with Crippen molar-refractivity contribution in [3.63, 3.8) is 0 Å². The van der Waals surface area contributed by atoms with Crippen LogP contribution in [0.3, 0.4) is 0 Å². The first kappa shape index (κ1) is 21.9. The number of fused-ring (bicyclic) bond motifs is 1. The summed E-state index contributed by atoms with van der Waals surface area (Å²) in [7, 11) is 0. The van der Waals surface area contributed by atoms with E-state index in [1.807, 2.05) is 85.1 Å². The summed E-state index contributed by atoms with van der Waals surface area (Å²) in [6, 6.07) is 26.9. The highest BCUT2D eigenvalue weighted by Crippen LogP contribution is 2.36. The van der Waals surface area contributed by atoms with E-state index in [1.54, 1.807) is 12.3 Å². The smallest absolute Gasteiger partial charge is 0.221 e. The molecule has 0 fully saturated rings. The number of hydrogen-bond acceptors (Lipinski definition) is 3. The van der Waals surface area contributed by atoms with E-state index in [0.717, 1.165) is 27.8 Å². The predicted molar refractivity (Wildman–Crippen MR) is 133 cm³/mol. The van der Waals surface area contributed by atoms with Gasteiger partial charge in [0.25, 0.3) is 0 Å². The minimum atomic E-state index is -0.205. The number of amides is 1. The molecular weight excluding hydrogens is 448 g/mol.